The summed E-state index contributed by atoms with van der Waals surface area (Å²) in [5, 5.41) is 10.4. The predicted octanol–water partition coefficient (Wildman–Crippen LogP) is 2.90. The van der Waals surface area contributed by atoms with E-state index in [4.69, 9.17) is 33.7 Å². The molecule has 0 amide bonds. The van der Waals surface area contributed by atoms with Gasteiger partial charge in [0.25, 0.3) is 0 Å². The third-order valence-electron chi connectivity index (χ3n) is 2.87. The van der Waals surface area contributed by atoms with Gasteiger partial charge in [-0.15, -0.1) is 0 Å². The Balaban J connectivity index is 3.27. The molecule has 0 aliphatic carbocycles. The molecule has 0 aliphatic rings. The number of nitrogens with two attached hydrogens (primary N) is 1. The van der Waals surface area contributed by atoms with Crippen molar-refractivity contribution in [2.24, 2.45) is 11.1 Å². The highest BCUT2D eigenvalue weighted by Gasteiger charge is 2.38. The second-order valence-electron chi connectivity index (χ2n) is 4.51. The van der Waals surface area contributed by atoms with Crippen LogP contribution in [0.4, 0.5) is 0 Å². The minimum Gasteiger partial charge on any atom is -0.508 e. The first-order valence-electron chi connectivity index (χ1n) is 5.23. The number of hydrogen-bond acceptors (Lipinski definition) is 4. The molecule has 0 heterocycles. The maximum Gasteiger partial charge on any atom is 0.313 e. The van der Waals surface area contributed by atoms with Gasteiger partial charge in [0.2, 0.25) is 0 Å². The lowest BCUT2D eigenvalue weighted by molar-refractivity contribution is -0.152. The lowest BCUT2D eigenvalue weighted by atomic mass is 9.80. The van der Waals surface area contributed by atoms with E-state index in [1.165, 1.54) is 19.2 Å². The summed E-state index contributed by atoms with van der Waals surface area (Å²) in [5.74, 6) is -0.627. The fourth-order valence-electron chi connectivity index (χ4n) is 1.63. The van der Waals surface area contributed by atoms with Crippen molar-refractivity contribution in [3.63, 3.8) is 0 Å². The molecule has 0 aliphatic heterocycles. The van der Waals surface area contributed by atoms with E-state index in [0.717, 1.165) is 0 Å². The van der Waals surface area contributed by atoms with Gasteiger partial charge in [-0.05, 0) is 26.0 Å². The van der Waals surface area contributed by atoms with Crippen LogP contribution in [-0.2, 0) is 9.53 Å². The van der Waals surface area contributed by atoms with Gasteiger partial charge >= 0.3 is 5.97 Å². The molecular weight excluding hydrogens is 277 g/mol. The molecule has 0 fully saturated rings. The molecule has 3 N–H and O–H groups in total. The highest BCUT2D eigenvalue weighted by atomic mass is 35.5. The second kappa shape index (κ2) is 5.34. The normalized spacial score (nSPS) is 13.2. The Bertz CT molecular complexity index is 451. The summed E-state index contributed by atoms with van der Waals surface area (Å²) in [7, 11) is 1.28. The highest BCUT2D eigenvalue weighted by molar-refractivity contribution is 6.35. The Morgan fingerprint density at radius 1 is 1.44 bits per heavy atom. The van der Waals surface area contributed by atoms with Crippen LogP contribution >= 0.6 is 23.2 Å². The van der Waals surface area contributed by atoms with Crippen LogP contribution in [0.3, 0.4) is 0 Å². The quantitative estimate of drug-likeness (QED) is 0.840. The molecule has 18 heavy (non-hydrogen) atoms. The molecular formula is C12H15Cl2NO3. The van der Waals surface area contributed by atoms with Crippen molar-refractivity contribution in [2.45, 2.75) is 19.9 Å². The van der Waals surface area contributed by atoms with Crippen molar-refractivity contribution in [1.82, 2.24) is 0 Å². The number of carbonyl (C=O) groups is 1. The molecule has 1 aromatic carbocycles. The molecule has 1 rings (SSSR count). The maximum absolute atomic E-state index is 11.7. The zero-order valence-corrected chi connectivity index (χ0v) is 11.8. The summed E-state index contributed by atoms with van der Waals surface area (Å²) >= 11 is 11.8. The summed E-state index contributed by atoms with van der Waals surface area (Å²) in [6, 6.07) is 1.98. The summed E-state index contributed by atoms with van der Waals surface area (Å²) in [5.41, 5.74) is 5.26. The Morgan fingerprint density at radius 3 is 2.44 bits per heavy atom. The average molecular weight is 292 g/mol. The number of phenolic OH excluding ortho intramolecular Hbond substituents is 1. The predicted molar refractivity (Wildman–Crippen MR) is 70.9 cm³/mol. The van der Waals surface area contributed by atoms with E-state index < -0.39 is 17.4 Å². The van der Waals surface area contributed by atoms with E-state index in [9.17, 15) is 9.90 Å². The summed E-state index contributed by atoms with van der Waals surface area (Å²) in [6.45, 7) is 3.24. The van der Waals surface area contributed by atoms with Gasteiger partial charge in [0, 0.05) is 10.6 Å². The zero-order valence-electron chi connectivity index (χ0n) is 10.3. The number of carbonyl (C=O) groups excluding carboxylic acids is 1. The fourth-order valence-corrected chi connectivity index (χ4v) is 2.23. The van der Waals surface area contributed by atoms with Crippen LogP contribution in [0.5, 0.6) is 5.75 Å². The van der Waals surface area contributed by atoms with E-state index in [-0.39, 0.29) is 16.3 Å². The lowest BCUT2D eigenvalue weighted by Gasteiger charge is -2.29. The SMILES string of the molecule is COC(=O)C(C)(C)[C@@H](N)c1c(O)cc(Cl)cc1Cl. The van der Waals surface area contributed by atoms with Gasteiger partial charge in [0.05, 0.1) is 23.6 Å². The number of ether oxygens (including phenoxy) is 1. The summed E-state index contributed by atoms with van der Waals surface area (Å²) in [4.78, 5) is 11.7. The van der Waals surface area contributed by atoms with E-state index in [0.29, 0.717) is 5.02 Å². The van der Waals surface area contributed by atoms with Crippen LogP contribution in [-0.4, -0.2) is 18.2 Å². The minimum absolute atomic E-state index is 0.142. The molecule has 1 atom stereocenters. The van der Waals surface area contributed by atoms with Crippen molar-refractivity contribution in [3.05, 3.63) is 27.7 Å². The van der Waals surface area contributed by atoms with Crippen LogP contribution in [0.15, 0.2) is 12.1 Å². The Hall–Kier alpha value is -0.970. The molecule has 100 valence electrons. The summed E-state index contributed by atoms with van der Waals surface area (Å²) < 4.78 is 4.69. The van der Waals surface area contributed by atoms with Crippen molar-refractivity contribution in [2.75, 3.05) is 7.11 Å². The Kier molecular flexibility index (Phi) is 4.48. The molecule has 1 aromatic rings. The number of phenols is 1. The van der Waals surface area contributed by atoms with Crippen molar-refractivity contribution in [3.8, 4) is 5.75 Å². The molecule has 0 unspecified atom stereocenters. The van der Waals surface area contributed by atoms with Gasteiger partial charge in [0.15, 0.2) is 0 Å². The van der Waals surface area contributed by atoms with Gasteiger partial charge < -0.3 is 15.6 Å². The highest BCUT2D eigenvalue weighted by Crippen LogP contribution is 2.41. The fraction of sp³-hybridized carbons (Fsp3) is 0.417. The largest absolute Gasteiger partial charge is 0.508 e. The van der Waals surface area contributed by atoms with Crippen molar-refractivity contribution >= 4 is 29.2 Å². The molecule has 0 aromatic heterocycles. The van der Waals surface area contributed by atoms with Crippen LogP contribution in [0.2, 0.25) is 10.0 Å². The first-order chi connectivity index (χ1) is 8.21. The van der Waals surface area contributed by atoms with Gasteiger partial charge in [-0.1, -0.05) is 23.2 Å². The number of methoxy groups -OCH3 is 1. The van der Waals surface area contributed by atoms with Gasteiger partial charge in [-0.3, -0.25) is 4.79 Å². The summed E-state index contributed by atoms with van der Waals surface area (Å²) in [6.07, 6.45) is 0. The van der Waals surface area contributed by atoms with Gasteiger partial charge in [-0.25, -0.2) is 0 Å². The lowest BCUT2D eigenvalue weighted by Crippen LogP contribution is -2.37. The standard InChI is InChI=1S/C12H15Cl2NO3/c1-12(2,11(17)18-3)10(15)9-7(14)4-6(13)5-8(9)16/h4-5,10,16H,15H2,1-3H3/t10-/m0/s1. The smallest absolute Gasteiger partial charge is 0.313 e. The van der Waals surface area contributed by atoms with Crippen LogP contribution < -0.4 is 5.73 Å². The van der Waals surface area contributed by atoms with Crippen LogP contribution in [0, 0.1) is 5.41 Å². The topological polar surface area (TPSA) is 72.5 Å². The van der Waals surface area contributed by atoms with E-state index in [2.05, 4.69) is 0 Å². The molecule has 6 heteroatoms. The second-order valence-corrected chi connectivity index (χ2v) is 5.35. The van der Waals surface area contributed by atoms with E-state index in [1.807, 2.05) is 0 Å². The minimum atomic E-state index is -1.02. The van der Waals surface area contributed by atoms with E-state index >= 15 is 0 Å². The van der Waals surface area contributed by atoms with E-state index in [1.54, 1.807) is 13.8 Å². The molecule has 0 radical (unpaired) electrons. The average Bonchev–Trinajstić information content (AvgIpc) is 2.26. The molecule has 0 saturated heterocycles. The number of halogens is 2. The van der Waals surface area contributed by atoms with Crippen LogP contribution in [0.25, 0.3) is 0 Å². The monoisotopic (exact) mass is 291 g/mol. The molecule has 0 bridgehead atoms. The number of aromatic hydroxyl groups is 1. The Labute approximate surface area is 116 Å². The number of benzene rings is 1. The first-order valence-corrected chi connectivity index (χ1v) is 5.99. The number of hydrogen-bond donors (Lipinski definition) is 2. The maximum atomic E-state index is 11.7. The zero-order chi connectivity index (χ0) is 14.1. The third kappa shape index (κ3) is 2.71. The van der Waals surface area contributed by atoms with Gasteiger partial charge in [-0.2, -0.15) is 0 Å². The van der Waals surface area contributed by atoms with Gasteiger partial charge in [0.1, 0.15) is 5.75 Å². The molecule has 4 nitrogen and oxygen atoms in total. The molecule has 0 spiro atoms. The van der Waals surface area contributed by atoms with Crippen LogP contribution in [0.1, 0.15) is 25.5 Å². The third-order valence-corrected chi connectivity index (χ3v) is 3.40. The molecule has 0 saturated carbocycles. The van der Waals surface area contributed by atoms with Crippen molar-refractivity contribution < 1.29 is 14.6 Å². The first kappa shape index (κ1) is 15.1. The Morgan fingerprint density at radius 2 is 2.00 bits per heavy atom. The van der Waals surface area contributed by atoms with Crippen molar-refractivity contribution in [1.29, 1.82) is 0 Å². The number of rotatable bonds is 3. The number of esters is 1.